The van der Waals surface area contributed by atoms with Crippen LogP contribution in [0.4, 0.5) is 13.2 Å². The summed E-state index contributed by atoms with van der Waals surface area (Å²) in [6.07, 6.45) is -1.96. The van der Waals surface area contributed by atoms with Gasteiger partial charge in [0.2, 0.25) is 0 Å². The van der Waals surface area contributed by atoms with Gasteiger partial charge in [0, 0.05) is 38.5 Å². The Hall–Kier alpha value is -0.300. The lowest BCUT2D eigenvalue weighted by atomic mass is 10.2. The first-order valence-electron chi connectivity index (χ1n) is 7.45. The molecule has 0 aliphatic carbocycles. The Labute approximate surface area is 158 Å². The molecule has 11 heteroatoms. The van der Waals surface area contributed by atoms with Gasteiger partial charge in [-0.2, -0.15) is 13.2 Å². The fourth-order valence-corrected chi connectivity index (χ4v) is 3.19. The Morgan fingerprint density at radius 1 is 1.42 bits per heavy atom. The highest BCUT2D eigenvalue weighted by Gasteiger charge is 2.34. The molecule has 2 atom stereocenters. The highest BCUT2D eigenvalue weighted by atomic mass is 127. The van der Waals surface area contributed by atoms with Crippen molar-refractivity contribution in [3.05, 3.63) is 0 Å². The van der Waals surface area contributed by atoms with Gasteiger partial charge in [-0.05, 0) is 19.8 Å². The maximum atomic E-state index is 12.4. The minimum absolute atomic E-state index is 0. The van der Waals surface area contributed by atoms with Crippen LogP contribution in [-0.4, -0.2) is 76.2 Å². The summed E-state index contributed by atoms with van der Waals surface area (Å²) in [5, 5.41) is 6.15. The number of guanidine groups is 1. The zero-order chi connectivity index (χ0) is 17.7. The van der Waals surface area contributed by atoms with Crippen LogP contribution in [0.25, 0.3) is 0 Å². The average Bonchev–Trinajstić information content (AvgIpc) is 2.79. The number of sulfone groups is 1. The van der Waals surface area contributed by atoms with Crippen LogP contribution in [0.2, 0.25) is 0 Å². The van der Waals surface area contributed by atoms with Crippen LogP contribution < -0.4 is 10.6 Å². The molecule has 0 bridgehead atoms. The van der Waals surface area contributed by atoms with E-state index in [1.807, 2.05) is 6.92 Å². The molecule has 1 saturated heterocycles. The minimum Gasteiger partial charge on any atom is -0.354 e. The minimum atomic E-state index is -4.19. The lowest BCUT2D eigenvalue weighted by Gasteiger charge is -2.22. The summed E-state index contributed by atoms with van der Waals surface area (Å²) in [7, 11) is -1.45. The van der Waals surface area contributed by atoms with Gasteiger partial charge in [0.05, 0.1) is 12.3 Å². The van der Waals surface area contributed by atoms with E-state index in [-0.39, 0.29) is 41.8 Å². The van der Waals surface area contributed by atoms with Gasteiger partial charge in [-0.25, -0.2) is 8.42 Å². The van der Waals surface area contributed by atoms with E-state index in [0.717, 1.165) is 0 Å². The molecular formula is C13H26F3IN4O2S. The van der Waals surface area contributed by atoms with Crippen LogP contribution in [0.1, 0.15) is 19.8 Å². The molecule has 1 fully saturated rings. The molecule has 0 aromatic rings. The maximum Gasteiger partial charge on any atom is 0.401 e. The first kappa shape index (κ1) is 23.7. The van der Waals surface area contributed by atoms with E-state index in [2.05, 4.69) is 15.6 Å². The lowest BCUT2D eigenvalue weighted by Crippen LogP contribution is -2.48. The van der Waals surface area contributed by atoms with Gasteiger partial charge < -0.3 is 10.6 Å². The van der Waals surface area contributed by atoms with Gasteiger partial charge in [-0.1, -0.05) is 0 Å². The lowest BCUT2D eigenvalue weighted by molar-refractivity contribution is -0.143. The maximum absolute atomic E-state index is 12.4. The number of hydrogen-bond acceptors (Lipinski definition) is 4. The monoisotopic (exact) mass is 486 g/mol. The first-order valence-corrected chi connectivity index (χ1v) is 9.51. The average molecular weight is 486 g/mol. The molecule has 2 N–H and O–H groups in total. The molecule has 1 heterocycles. The predicted octanol–water partition coefficient (Wildman–Crippen LogP) is 1.23. The molecule has 1 aliphatic heterocycles. The third kappa shape index (κ3) is 10.5. The number of halogens is 4. The molecule has 144 valence electrons. The summed E-state index contributed by atoms with van der Waals surface area (Å²) < 4.78 is 59.4. The van der Waals surface area contributed by atoms with E-state index in [9.17, 15) is 21.6 Å². The third-order valence-corrected chi connectivity index (χ3v) is 4.52. The van der Waals surface area contributed by atoms with Crippen molar-refractivity contribution in [2.24, 2.45) is 4.99 Å². The molecule has 0 amide bonds. The SMILES string of the molecule is CN=C(NC(C)CCS(C)(=O)=O)NC1CCN(CC(F)(F)F)C1.I. The molecule has 0 radical (unpaired) electrons. The molecule has 0 aromatic heterocycles. The fraction of sp³-hybridized carbons (Fsp3) is 0.923. The summed E-state index contributed by atoms with van der Waals surface area (Å²) >= 11 is 0. The highest BCUT2D eigenvalue weighted by Crippen LogP contribution is 2.19. The van der Waals surface area contributed by atoms with E-state index in [1.54, 1.807) is 7.05 Å². The molecule has 0 saturated carbocycles. The molecule has 6 nitrogen and oxygen atoms in total. The zero-order valence-corrected chi connectivity index (χ0v) is 17.2. The number of nitrogens with one attached hydrogen (secondary N) is 2. The number of hydrogen-bond donors (Lipinski definition) is 2. The van der Waals surface area contributed by atoms with Crippen LogP contribution in [0.5, 0.6) is 0 Å². The molecule has 1 aliphatic rings. The van der Waals surface area contributed by atoms with Crippen molar-refractivity contribution >= 4 is 39.8 Å². The standard InChI is InChI=1S/C13H25F3N4O2S.HI/c1-10(5-7-23(3,21)22)18-12(17-2)19-11-4-6-20(8-11)9-13(14,15)16;/h10-11H,4-9H2,1-3H3,(H2,17,18,19);1H. The topological polar surface area (TPSA) is 73.8 Å². The van der Waals surface area contributed by atoms with E-state index >= 15 is 0 Å². The smallest absolute Gasteiger partial charge is 0.354 e. The Morgan fingerprint density at radius 2 is 2.04 bits per heavy atom. The van der Waals surface area contributed by atoms with E-state index in [0.29, 0.717) is 31.9 Å². The summed E-state index contributed by atoms with van der Waals surface area (Å²) in [4.78, 5) is 5.40. The van der Waals surface area contributed by atoms with Gasteiger partial charge in [-0.3, -0.25) is 9.89 Å². The van der Waals surface area contributed by atoms with Gasteiger partial charge in [-0.15, -0.1) is 24.0 Å². The number of aliphatic imine (C=N–C) groups is 1. The van der Waals surface area contributed by atoms with Crippen molar-refractivity contribution in [1.29, 1.82) is 0 Å². The van der Waals surface area contributed by atoms with E-state index in [1.165, 1.54) is 11.2 Å². The van der Waals surface area contributed by atoms with Gasteiger partial charge in [0.1, 0.15) is 9.84 Å². The Bertz CT molecular complexity index is 514. The fourth-order valence-electron chi connectivity index (χ4n) is 2.41. The van der Waals surface area contributed by atoms with E-state index in [4.69, 9.17) is 0 Å². The van der Waals surface area contributed by atoms with Gasteiger partial charge >= 0.3 is 6.18 Å². The van der Waals surface area contributed by atoms with Crippen molar-refractivity contribution in [2.45, 2.75) is 38.0 Å². The zero-order valence-electron chi connectivity index (χ0n) is 14.1. The predicted molar refractivity (Wildman–Crippen MR) is 99.7 cm³/mol. The van der Waals surface area contributed by atoms with Gasteiger partial charge in [0.25, 0.3) is 0 Å². The molecule has 2 unspecified atom stereocenters. The Balaban J connectivity index is 0.00000529. The van der Waals surface area contributed by atoms with Crippen LogP contribution in [0, 0.1) is 0 Å². The number of likely N-dealkylation sites (tertiary alicyclic amines) is 1. The highest BCUT2D eigenvalue weighted by molar-refractivity contribution is 14.0. The summed E-state index contributed by atoms with van der Waals surface area (Å²) in [6.45, 7) is 1.63. The second-order valence-electron chi connectivity index (χ2n) is 6.02. The van der Waals surface area contributed by atoms with Crippen molar-refractivity contribution < 1.29 is 21.6 Å². The summed E-state index contributed by atoms with van der Waals surface area (Å²) in [6, 6.07) is -0.214. The summed E-state index contributed by atoms with van der Waals surface area (Å²) in [5.41, 5.74) is 0. The van der Waals surface area contributed by atoms with Crippen molar-refractivity contribution in [3.63, 3.8) is 0 Å². The second kappa shape index (κ2) is 10.00. The van der Waals surface area contributed by atoms with Crippen LogP contribution in [0.3, 0.4) is 0 Å². The number of alkyl halides is 3. The quantitative estimate of drug-likeness (QED) is 0.336. The third-order valence-electron chi connectivity index (χ3n) is 3.54. The van der Waals surface area contributed by atoms with Crippen LogP contribution >= 0.6 is 24.0 Å². The molecule has 0 spiro atoms. The second-order valence-corrected chi connectivity index (χ2v) is 8.28. The molecule has 1 rings (SSSR count). The molecule has 0 aromatic carbocycles. The molecule has 24 heavy (non-hydrogen) atoms. The summed E-state index contributed by atoms with van der Waals surface area (Å²) in [5.74, 6) is 0.547. The van der Waals surface area contributed by atoms with Crippen molar-refractivity contribution in [2.75, 3.05) is 38.7 Å². The largest absolute Gasteiger partial charge is 0.401 e. The van der Waals surface area contributed by atoms with Crippen LogP contribution in [0.15, 0.2) is 4.99 Å². The Morgan fingerprint density at radius 3 is 2.54 bits per heavy atom. The Kier molecular flexibility index (Phi) is 9.87. The number of rotatable bonds is 6. The van der Waals surface area contributed by atoms with Gasteiger partial charge in [0.15, 0.2) is 5.96 Å². The van der Waals surface area contributed by atoms with Crippen molar-refractivity contribution in [1.82, 2.24) is 15.5 Å². The van der Waals surface area contributed by atoms with Crippen LogP contribution in [-0.2, 0) is 9.84 Å². The van der Waals surface area contributed by atoms with E-state index < -0.39 is 22.6 Å². The number of nitrogens with zero attached hydrogens (tertiary/aromatic N) is 2. The molecular weight excluding hydrogens is 460 g/mol. The first-order chi connectivity index (χ1) is 10.5. The van der Waals surface area contributed by atoms with Crippen molar-refractivity contribution in [3.8, 4) is 0 Å². The normalized spacial score (nSPS) is 21.2.